The summed E-state index contributed by atoms with van der Waals surface area (Å²) >= 11 is 0. The lowest BCUT2D eigenvalue weighted by Crippen LogP contribution is -2.33. The molecule has 1 aromatic carbocycles. The van der Waals surface area contributed by atoms with Crippen LogP contribution in [0.15, 0.2) is 18.2 Å². The third-order valence-corrected chi connectivity index (χ3v) is 3.09. The molecule has 0 fully saturated rings. The molecule has 0 aliphatic heterocycles. The Morgan fingerprint density at radius 3 is 2.41 bits per heavy atom. The number of carbonyl (C=O) groups excluding carboxylic acids is 3. The third kappa shape index (κ3) is 8.98. The summed E-state index contributed by atoms with van der Waals surface area (Å²) in [4.78, 5) is 35.1. The first kappa shape index (κ1) is 22.3. The molecule has 0 aromatic heterocycles. The quantitative estimate of drug-likeness (QED) is 0.555. The molecule has 2 amide bonds. The minimum absolute atomic E-state index is 0.0153. The van der Waals surface area contributed by atoms with E-state index < -0.39 is 41.3 Å². The first-order chi connectivity index (χ1) is 12.5. The number of nitrogens with one attached hydrogen (secondary N) is 2. The van der Waals surface area contributed by atoms with E-state index in [1.165, 1.54) is 13.0 Å². The highest BCUT2D eigenvalue weighted by Gasteiger charge is 2.19. The van der Waals surface area contributed by atoms with E-state index in [-0.39, 0.29) is 18.7 Å². The Labute approximate surface area is 156 Å². The summed E-state index contributed by atoms with van der Waals surface area (Å²) in [5.41, 5.74) is -0.567. The average Bonchev–Trinajstić information content (AvgIpc) is 2.53. The van der Waals surface area contributed by atoms with Crippen LogP contribution in [0, 0.1) is 11.6 Å². The lowest BCUT2D eigenvalue weighted by atomic mass is 10.2. The van der Waals surface area contributed by atoms with Crippen LogP contribution in [0.1, 0.15) is 40.5 Å². The van der Waals surface area contributed by atoms with Gasteiger partial charge in [-0.15, -0.1) is 0 Å². The van der Waals surface area contributed by atoms with Crippen molar-refractivity contribution in [3.05, 3.63) is 29.8 Å². The Hall–Kier alpha value is -2.71. The minimum Gasteiger partial charge on any atom is -0.453 e. The highest BCUT2D eigenvalue weighted by Crippen LogP contribution is 2.14. The van der Waals surface area contributed by atoms with E-state index in [4.69, 9.17) is 9.47 Å². The number of halogens is 2. The van der Waals surface area contributed by atoms with E-state index in [9.17, 15) is 23.2 Å². The molecular formula is C18H24F2N2O5. The van der Waals surface area contributed by atoms with Gasteiger partial charge >= 0.3 is 12.1 Å². The Bertz CT molecular complexity index is 689. The Balaban J connectivity index is 2.31. The predicted molar refractivity (Wildman–Crippen MR) is 94.0 cm³/mol. The third-order valence-electron chi connectivity index (χ3n) is 3.09. The number of ether oxygens (including phenoxy) is 2. The van der Waals surface area contributed by atoms with E-state index in [1.807, 2.05) is 0 Å². The Kier molecular flexibility index (Phi) is 8.14. The standard InChI is InChI=1S/C18H24F2N2O5/c1-11(16(24)22-12-7-8-13(19)14(20)10-12)26-15(23)6-5-9-21-17(25)27-18(2,3)4/h7-8,10-11H,5-6,9H2,1-4H3,(H,21,25)(H,22,24)/t11-/m0/s1. The molecule has 0 saturated heterocycles. The summed E-state index contributed by atoms with van der Waals surface area (Å²) in [6, 6.07) is 2.89. The van der Waals surface area contributed by atoms with Gasteiger partial charge in [-0.25, -0.2) is 13.6 Å². The topological polar surface area (TPSA) is 93.7 Å². The SMILES string of the molecule is C[C@H](OC(=O)CCCNC(=O)OC(C)(C)C)C(=O)Nc1ccc(F)c(F)c1. The Morgan fingerprint density at radius 1 is 1.15 bits per heavy atom. The second-order valence-electron chi connectivity index (χ2n) is 6.78. The normalized spacial score (nSPS) is 12.1. The second-order valence-corrected chi connectivity index (χ2v) is 6.78. The van der Waals surface area contributed by atoms with E-state index >= 15 is 0 Å². The first-order valence-electron chi connectivity index (χ1n) is 8.40. The van der Waals surface area contributed by atoms with Gasteiger partial charge in [-0.3, -0.25) is 9.59 Å². The van der Waals surface area contributed by atoms with Crippen molar-refractivity contribution in [2.75, 3.05) is 11.9 Å². The number of alkyl carbamates (subject to hydrolysis) is 1. The molecule has 2 N–H and O–H groups in total. The van der Waals surface area contributed by atoms with Crippen molar-refractivity contribution >= 4 is 23.7 Å². The number of carbonyl (C=O) groups is 3. The van der Waals surface area contributed by atoms with Crippen molar-refractivity contribution in [1.82, 2.24) is 5.32 Å². The number of hydrogen-bond donors (Lipinski definition) is 2. The van der Waals surface area contributed by atoms with Gasteiger partial charge in [0.15, 0.2) is 17.7 Å². The molecule has 0 heterocycles. The molecule has 0 radical (unpaired) electrons. The van der Waals surface area contributed by atoms with Crippen LogP contribution in [0.3, 0.4) is 0 Å². The summed E-state index contributed by atoms with van der Waals surface area (Å²) in [6.07, 6.45) is -1.42. The Morgan fingerprint density at radius 2 is 1.81 bits per heavy atom. The molecule has 1 aromatic rings. The van der Waals surface area contributed by atoms with Crippen LogP contribution < -0.4 is 10.6 Å². The molecule has 0 aliphatic carbocycles. The maximum absolute atomic E-state index is 13.1. The van der Waals surface area contributed by atoms with Crippen molar-refractivity contribution < 1.29 is 32.6 Å². The van der Waals surface area contributed by atoms with Gasteiger partial charge in [0.05, 0.1) is 0 Å². The fourth-order valence-corrected chi connectivity index (χ4v) is 1.86. The van der Waals surface area contributed by atoms with Gasteiger partial charge in [-0.05, 0) is 46.2 Å². The molecule has 7 nitrogen and oxygen atoms in total. The maximum atomic E-state index is 13.1. The van der Waals surface area contributed by atoms with Gasteiger partial charge in [0.1, 0.15) is 5.60 Å². The predicted octanol–water partition coefficient (Wildman–Crippen LogP) is 3.14. The molecular weight excluding hydrogens is 362 g/mol. The van der Waals surface area contributed by atoms with Gasteiger partial charge in [0.25, 0.3) is 5.91 Å². The molecule has 27 heavy (non-hydrogen) atoms. The van der Waals surface area contributed by atoms with Crippen LogP contribution in [0.4, 0.5) is 19.3 Å². The molecule has 9 heteroatoms. The van der Waals surface area contributed by atoms with Crippen LogP contribution in [-0.4, -0.2) is 36.2 Å². The molecule has 0 aliphatic rings. The van der Waals surface area contributed by atoms with Crippen LogP contribution in [0.5, 0.6) is 0 Å². The minimum atomic E-state index is -1.12. The molecule has 0 bridgehead atoms. The summed E-state index contributed by atoms with van der Waals surface area (Å²) in [5.74, 6) is -3.45. The zero-order valence-electron chi connectivity index (χ0n) is 15.7. The monoisotopic (exact) mass is 386 g/mol. The van der Waals surface area contributed by atoms with Gasteiger partial charge in [0.2, 0.25) is 0 Å². The molecule has 1 rings (SSSR count). The van der Waals surface area contributed by atoms with Crippen molar-refractivity contribution in [3.63, 3.8) is 0 Å². The van der Waals surface area contributed by atoms with Gasteiger partial charge in [-0.1, -0.05) is 0 Å². The van der Waals surface area contributed by atoms with Crippen molar-refractivity contribution in [1.29, 1.82) is 0 Å². The fourth-order valence-electron chi connectivity index (χ4n) is 1.86. The average molecular weight is 386 g/mol. The maximum Gasteiger partial charge on any atom is 0.407 e. The lowest BCUT2D eigenvalue weighted by molar-refractivity contribution is -0.153. The zero-order valence-corrected chi connectivity index (χ0v) is 15.7. The number of hydrogen-bond acceptors (Lipinski definition) is 5. The summed E-state index contributed by atoms with van der Waals surface area (Å²) in [7, 11) is 0. The number of esters is 1. The lowest BCUT2D eigenvalue weighted by Gasteiger charge is -2.19. The van der Waals surface area contributed by atoms with E-state index in [0.717, 1.165) is 12.1 Å². The van der Waals surface area contributed by atoms with Crippen LogP contribution in [0.25, 0.3) is 0 Å². The number of anilines is 1. The molecule has 0 saturated carbocycles. The summed E-state index contributed by atoms with van der Waals surface area (Å²) < 4.78 is 36.0. The zero-order chi connectivity index (χ0) is 20.6. The van der Waals surface area contributed by atoms with Gasteiger partial charge < -0.3 is 20.1 Å². The van der Waals surface area contributed by atoms with E-state index in [1.54, 1.807) is 20.8 Å². The molecule has 1 atom stereocenters. The van der Waals surface area contributed by atoms with Gasteiger partial charge in [0, 0.05) is 24.7 Å². The first-order valence-corrected chi connectivity index (χ1v) is 8.40. The van der Waals surface area contributed by atoms with Crippen molar-refractivity contribution in [3.8, 4) is 0 Å². The van der Waals surface area contributed by atoms with Crippen molar-refractivity contribution in [2.24, 2.45) is 0 Å². The second kappa shape index (κ2) is 9.84. The van der Waals surface area contributed by atoms with Crippen LogP contribution in [-0.2, 0) is 19.1 Å². The number of rotatable bonds is 7. The van der Waals surface area contributed by atoms with Crippen molar-refractivity contribution in [2.45, 2.75) is 52.2 Å². The van der Waals surface area contributed by atoms with Crippen LogP contribution >= 0.6 is 0 Å². The highest BCUT2D eigenvalue weighted by molar-refractivity contribution is 5.95. The summed E-state index contributed by atoms with van der Waals surface area (Å²) in [5, 5.41) is 4.82. The van der Waals surface area contributed by atoms with Crippen LogP contribution in [0.2, 0.25) is 0 Å². The fraction of sp³-hybridized carbons (Fsp3) is 0.500. The number of amides is 2. The smallest absolute Gasteiger partial charge is 0.407 e. The van der Waals surface area contributed by atoms with E-state index in [2.05, 4.69) is 10.6 Å². The van der Waals surface area contributed by atoms with E-state index in [0.29, 0.717) is 6.42 Å². The summed E-state index contributed by atoms with van der Waals surface area (Å²) in [6.45, 7) is 6.76. The highest BCUT2D eigenvalue weighted by atomic mass is 19.2. The van der Waals surface area contributed by atoms with Gasteiger partial charge in [-0.2, -0.15) is 0 Å². The molecule has 150 valence electrons. The molecule has 0 spiro atoms. The molecule has 0 unspecified atom stereocenters. The number of benzene rings is 1. The largest absolute Gasteiger partial charge is 0.453 e.